The molecule has 0 amide bonds. The second-order valence-corrected chi connectivity index (χ2v) is 9.96. The molecule has 0 radical (unpaired) electrons. The van der Waals surface area contributed by atoms with Gasteiger partial charge in [-0.25, -0.2) is 8.42 Å². The van der Waals surface area contributed by atoms with Crippen LogP contribution in [0.3, 0.4) is 0 Å². The van der Waals surface area contributed by atoms with E-state index in [2.05, 4.69) is 35.2 Å². The summed E-state index contributed by atoms with van der Waals surface area (Å²) in [5.74, 6) is 0. The van der Waals surface area contributed by atoms with Crippen molar-refractivity contribution in [2.75, 3.05) is 32.9 Å². The summed E-state index contributed by atoms with van der Waals surface area (Å²) >= 11 is 0. The normalized spacial score (nSPS) is 16.5. The van der Waals surface area contributed by atoms with E-state index < -0.39 is 10.4 Å². The van der Waals surface area contributed by atoms with Gasteiger partial charge < -0.3 is 14.4 Å². The Kier molecular flexibility index (Phi) is 21.7. The first-order valence-electron chi connectivity index (χ1n) is 13.3. The number of unbranched alkanes of at least 4 members (excludes halogenated alkanes) is 14. The van der Waals surface area contributed by atoms with Crippen molar-refractivity contribution in [1.29, 1.82) is 0 Å². The Bertz CT molecular complexity index is 526. The van der Waals surface area contributed by atoms with Crippen LogP contribution < -0.4 is 4.90 Å². The molecule has 1 unspecified atom stereocenters. The minimum absolute atomic E-state index is 0.0914. The fourth-order valence-corrected chi connectivity index (χ4v) is 4.28. The van der Waals surface area contributed by atoms with Crippen LogP contribution >= 0.6 is 0 Å². The second kappa shape index (κ2) is 22.2. The maximum absolute atomic E-state index is 9.45. The van der Waals surface area contributed by atoms with Crippen LogP contribution in [0, 0.1) is 0 Å². The Morgan fingerprint density at radius 1 is 0.844 bits per heavy atom. The topological polar surface area (TPSA) is 74.1 Å². The molecule has 32 heavy (non-hydrogen) atoms. The molecule has 1 aliphatic heterocycles. The Labute approximate surface area is 199 Å². The second-order valence-electron chi connectivity index (χ2n) is 8.91. The van der Waals surface area contributed by atoms with Crippen molar-refractivity contribution in [2.45, 2.75) is 117 Å². The molecule has 1 saturated heterocycles. The average molecular weight is 477 g/mol. The van der Waals surface area contributed by atoms with Crippen LogP contribution in [0.15, 0.2) is 12.3 Å². The summed E-state index contributed by atoms with van der Waals surface area (Å²) in [4.78, 5) is 4.21. The molecule has 6 nitrogen and oxygen atoms in total. The lowest BCUT2D eigenvalue weighted by Crippen LogP contribution is -3.10. The Hall–Kier alpha value is -0.630. The number of hydrogen-bond acceptors (Lipinski definition) is 5. The highest BCUT2D eigenvalue weighted by Crippen LogP contribution is 2.13. The van der Waals surface area contributed by atoms with Crippen molar-refractivity contribution in [2.24, 2.45) is 0 Å². The van der Waals surface area contributed by atoms with Crippen LogP contribution in [0.25, 0.3) is 0 Å². The van der Waals surface area contributed by atoms with Gasteiger partial charge >= 0.3 is 0 Å². The van der Waals surface area contributed by atoms with E-state index in [0.717, 1.165) is 0 Å². The molecule has 1 heterocycles. The predicted octanol–water partition coefficient (Wildman–Crippen LogP) is 5.03. The third kappa shape index (κ3) is 22.6. The first kappa shape index (κ1) is 31.4. The van der Waals surface area contributed by atoms with Gasteiger partial charge in [0.05, 0.1) is 26.2 Å². The van der Waals surface area contributed by atoms with Crippen LogP contribution in [-0.4, -0.2) is 50.8 Å². The molecule has 1 fully saturated rings. The van der Waals surface area contributed by atoms with Crippen molar-refractivity contribution < 1.29 is 22.1 Å². The highest BCUT2D eigenvalue weighted by Gasteiger charge is 2.17. The lowest BCUT2D eigenvalue weighted by Gasteiger charge is -2.11. The third-order valence-electron chi connectivity index (χ3n) is 5.98. The Morgan fingerprint density at radius 3 is 1.72 bits per heavy atom. The summed E-state index contributed by atoms with van der Waals surface area (Å²) in [5, 5.41) is 0. The van der Waals surface area contributed by atoms with E-state index in [0.29, 0.717) is 0 Å². The van der Waals surface area contributed by atoms with Crippen LogP contribution in [0.4, 0.5) is 0 Å². The van der Waals surface area contributed by atoms with Gasteiger partial charge in [0.1, 0.15) is 0 Å². The summed E-state index contributed by atoms with van der Waals surface area (Å²) in [7, 11) is -4.42. The van der Waals surface area contributed by atoms with E-state index in [1.54, 1.807) is 4.90 Å². The third-order valence-corrected chi connectivity index (χ3v) is 6.51. The maximum atomic E-state index is 9.45. The van der Waals surface area contributed by atoms with Gasteiger partial charge in [0.25, 0.3) is 0 Å². The van der Waals surface area contributed by atoms with E-state index in [1.807, 2.05) is 0 Å². The molecule has 0 saturated carbocycles. The maximum Gasteiger partial charge on any atom is 0.217 e. The zero-order chi connectivity index (χ0) is 23.9. The summed E-state index contributed by atoms with van der Waals surface area (Å²) in [6, 6.07) is 0. The van der Waals surface area contributed by atoms with Gasteiger partial charge in [0, 0.05) is 6.20 Å². The molecular formula is C25H52N2O4S. The monoisotopic (exact) mass is 476 g/mol. The number of likely N-dealkylation sites (N-methyl/N-ethyl adjacent to an activating group) is 1. The van der Waals surface area contributed by atoms with Crippen molar-refractivity contribution in [3.63, 3.8) is 0 Å². The highest BCUT2D eigenvalue weighted by molar-refractivity contribution is 7.80. The van der Waals surface area contributed by atoms with Crippen LogP contribution in [0.2, 0.25) is 0 Å². The zero-order valence-electron chi connectivity index (χ0n) is 21.3. The molecule has 0 bridgehead atoms. The molecule has 0 aliphatic carbocycles. The van der Waals surface area contributed by atoms with Gasteiger partial charge in [0.15, 0.2) is 6.67 Å². The van der Waals surface area contributed by atoms with Crippen molar-refractivity contribution in [3.8, 4) is 0 Å². The summed E-state index contributed by atoms with van der Waals surface area (Å²) < 4.78 is 32.0. The van der Waals surface area contributed by atoms with E-state index in [9.17, 15) is 13.0 Å². The molecule has 0 aromatic carbocycles. The summed E-state index contributed by atoms with van der Waals surface area (Å²) in [6.45, 7) is 11.0. The highest BCUT2D eigenvalue weighted by atomic mass is 32.3. The van der Waals surface area contributed by atoms with Gasteiger partial charge in [-0.3, -0.25) is 4.18 Å². The van der Waals surface area contributed by atoms with Gasteiger partial charge in [-0.2, -0.15) is 0 Å². The number of hydrogen-bond donors (Lipinski definition) is 1. The van der Waals surface area contributed by atoms with Gasteiger partial charge in [-0.05, 0) is 26.7 Å². The fraction of sp³-hybridized carbons (Fsp3) is 0.920. The average Bonchev–Trinajstić information content (AvgIpc) is 3.21. The number of nitrogens with zero attached hydrogens (tertiary/aromatic N) is 1. The van der Waals surface area contributed by atoms with E-state index in [-0.39, 0.29) is 6.61 Å². The first-order chi connectivity index (χ1) is 15.4. The predicted molar refractivity (Wildman–Crippen MR) is 133 cm³/mol. The standard InChI is InChI=1S/C23H46N2.C2H6O4S/c1-3-5-6-7-8-9-10-11-12-13-14-15-16-17-18-19-20-25-22-21-24(4-2)23-25;1-2-6-7(3,4)5/h19-20H,3-18,21-23H2,1-2H3;2H2,1H3,(H,3,4,5). The van der Waals surface area contributed by atoms with Crippen molar-refractivity contribution in [1.82, 2.24) is 4.90 Å². The molecule has 192 valence electrons. The SMILES string of the molecule is CCCCCCCCCCCCCCCCC=CN1CC[NH+](CC)C1.CCOS(=O)(=O)[O-]. The van der Waals surface area contributed by atoms with Crippen molar-refractivity contribution in [3.05, 3.63) is 12.3 Å². The molecule has 1 aliphatic rings. The van der Waals surface area contributed by atoms with Gasteiger partial charge in [-0.15, -0.1) is 0 Å². The molecule has 1 N–H and O–H groups in total. The Balaban J connectivity index is 0.00000118. The number of allylic oxidation sites excluding steroid dienone is 1. The molecule has 1 rings (SSSR count). The smallest absolute Gasteiger partial charge is 0.217 e. The van der Waals surface area contributed by atoms with Crippen LogP contribution in [-0.2, 0) is 14.6 Å². The molecular weight excluding hydrogens is 424 g/mol. The van der Waals surface area contributed by atoms with Crippen molar-refractivity contribution >= 4 is 10.4 Å². The van der Waals surface area contributed by atoms with Gasteiger partial charge in [-0.1, -0.05) is 96.5 Å². The van der Waals surface area contributed by atoms with Gasteiger partial charge in [0.2, 0.25) is 10.4 Å². The largest absolute Gasteiger partial charge is 0.726 e. The first-order valence-corrected chi connectivity index (χ1v) is 14.6. The van der Waals surface area contributed by atoms with E-state index >= 15 is 0 Å². The van der Waals surface area contributed by atoms with E-state index in [4.69, 9.17) is 0 Å². The lowest BCUT2D eigenvalue weighted by molar-refractivity contribution is -0.889. The lowest BCUT2D eigenvalue weighted by atomic mass is 10.0. The molecule has 0 aromatic heterocycles. The fourth-order valence-electron chi connectivity index (χ4n) is 3.99. The summed E-state index contributed by atoms with van der Waals surface area (Å²) in [6.07, 6.45) is 26.3. The molecule has 7 heteroatoms. The molecule has 0 aromatic rings. The zero-order valence-corrected chi connectivity index (χ0v) is 22.1. The Morgan fingerprint density at radius 2 is 1.34 bits per heavy atom. The number of rotatable bonds is 19. The van der Waals surface area contributed by atoms with E-state index in [1.165, 1.54) is 130 Å². The minimum atomic E-state index is -4.42. The molecule has 0 spiro atoms. The van der Waals surface area contributed by atoms with Crippen LogP contribution in [0.1, 0.15) is 117 Å². The number of quaternary nitrogens is 1. The minimum Gasteiger partial charge on any atom is -0.726 e. The quantitative estimate of drug-likeness (QED) is 0.161. The summed E-state index contributed by atoms with van der Waals surface area (Å²) in [5.41, 5.74) is 0. The van der Waals surface area contributed by atoms with Crippen LogP contribution in [0.5, 0.6) is 0 Å². The number of nitrogens with one attached hydrogen (secondary N) is 1. The molecule has 1 atom stereocenters.